The van der Waals surface area contributed by atoms with Crippen LogP contribution in [0.4, 0.5) is 0 Å². The molecule has 0 radical (unpaired) electrons. The molecule has 0 amide bonds. The van der Waals surface area contributed by atoms with Crippen LogP contribution >= 0.6 is 0 Å². The number of nitrogen functional groups attached to an aromatic ring is 2. The van der Waals surface area contributed by atoms with E-state index in [4.69, 9.17) is 36.8 Å². The molecule has 0 unspecified atom stereocenters. The first-order chi connectivity index (χ1) is 15.9. The molecule has 0 saturated carbocycles. The minimum atomic E-state index is 0.0581. The van der Waals surface area contributed by atoms with Crippen LogP contribution in [0.5, 0.6) is 5.75 Å². The van der Waals surface area contributed by atoms with Crippen molar-refractivity contribution < 1.29 is 9.15 Å². The Kier molecular flexibility index (Phi) is 8.63. The number of hydrogen-bond donors (Lipinski definition) is 5. The summed E-state index contributed by atoms with van der Waals surface area (Å²) in [6, 6.07) is 14.8. The lowest BCUT2D eigenvalue weighted by atomic mass is 10.0. The SMILES string of the molecule is N=C(CCCCCOc1ccc(C(=N)N)cc1)CCCCc1cc2cc(C(=N)N)ccc2o1. The zero-order valence-electron chi connectivity index (χ0n) is 19.0. The highest BCUT2D eigenvalue weighted by molar-refractivity contribution is 5.98. The van der Waals surface area contributed by atoms with E-state index in [0.717, 1.165) is 79.6 Å². The fraction of sp³-hybridized carbons (Fsp3) is 0.346. The first-order valence-electron chi connectivity index (χ1n) is 11.4. The predicted molar refractivity (Wildman–Crippen MR) is 134 cm³/mol. The zero-order chi connectivity index (χ0) is 23.6. The number of hydrogen-bond acceptors (Lipinski definition) is 5. The van der Waals surface area contributed by atoms with Crippen molar-refractivity contribution in [2.75, 3.05) is 6.61 Å². The fourth-order valence-electron chi connectivity index (χ4n) is 3.69. The van der Waals surface area contributed by atoms with Crippen LogP contribution in [0.3, 0.4) is 0 Å². The second-order valence-electron chi connectivity index (χ2n) is 8.29. The molecule has 0 atom stereocenters. The third kappa shape index (κ3) is 7.49. The van der Waals surface area contributed by atoms with Crippen molar-refractivity contribution >= 4 is 28.4 Å². The fourth-order valence-corrected chi connectivity index (χ4v) is 3.69. The summed E-state index contributed by atoms with van der Waals surface area (Å²) in [5.41, 5.74) is 14.0. The predicted octanol–water partition coefficient (Wildman–Crippen LogP) is 5.37. The van der Waals surface area contributed by atoms with Gasteiger partial charge in [-0.15, -0.1) is 0 Å². The van der Waals surface area contributed by atoms with Crippen LogP contribution in [0, 0.1) is 16.2 Å². The molecule has 0 aliphatic rings. The number of aryl methyl sites for hydroxylation is 1. The maximum atomic E-state index is 8.18. The van der Waals surface area contributed by atoms with E-state index in [0.29, 0.717) is 17.7 Å². The summed E-state index contributed by atoms with van der Waals surface area (Å²) in [5, 5.41) is 24.1. The van der Waals surface area contributed by atoms with Crippen LogP contribution in [0.15, 0.2) is 52.9 Å². The second-order valence-corrected chi connectivity index (χ2v) is 8.29. The van der Waals surface area contributed by atoms with E-state index in [2.05, 4.69) is 0 Å². The van der Waals surface area contributed by atoms with Gasteiger partial charge in [0.1, 0.15) is 28.8 Å². The highest BCUT2D eigenvalue weighted by Crippen LogP contribution is 2.22. The average Bonchev–Trinajstić information content (AvgIpc) is 3.21. The molecule has 0 aliphatic heterocycles. The van der Waals surface area contributed by atoms with Crippen LogP contribution < -0.4 is 16.2 Å². The Morgan fingerprint density at radius 1 is 0.758 bits per heavy atom. The second kappa shape index (κ2) is 11.9. The third-order valence-electron chi connectivity index (χ3n) is 5.59. The van der Waals surface area contributed by atoms with Gasteiger partial charge in [0.05, 0.1) is 6.61 Å². The highest BCUT2D eigenvalue weighted by atomic mass is 16.5. The maximum absolute atomic E-state index is 8.18. The molecule has 1 heterocycles. The minimum absolute atomic E-state index is 0.0581. The van der Waals surface area contributed by atoms with Gasteiger partial charge in [-0.2, -0.15) is 0 Å². The molecule has 3 rings (SSSR count). The summed E-state index contributed by atoms with van der Waals surface area (Å²) in [6.07, 6.45) is 7.48. The first-order valence-corrected chi connectivity index (χ1v) is 11.4. The molecular weight excluding hydrogens is 414 g/mol. The van der Waals surface area contributed by atoms with E-state index in [1.54, 1.807) is 18.2 Å². The molecule has 3 aromatic rings. The Balaban J connectivity index is 1.25. The van der Waals surface area contributed by atoms with Crippen molar-refractivity contribution in [3.8, 4) is 5.75 Å². The summed E-state index contributed by atoms with van der Waals surface area (Å²) >= 11 is 0. The Morgan fingerprint density at radius 2 is 1.42 bits per heavy atom. The monoisotopic (exact) mass is 447 g/mol. The molecule has 2 aromatic carbocycles. The van der Waals surface area contributed by atoms with E-state index in [1.165, 1.54) is 0 Å². The molecule has 0 fully saturated rings. The quantitative estimate of drug-likeness (QED) is 0.128. The number of ether oxygens (including phenoxy) is 1. The molecule has 0 bridgehead atoms. The molecule has 7 nitrogen and oxygen atoms in total. The lowest BCUT2D eigenvalue weighted by molar-refractivity contribution is 0.305. The number of benzene rings is 2. The Bertz CT molecular complexity index is 1100. The van der Waals surface area contributed by atoms with Crippen molar-refractivity contribution in [2.24, 2.45) is 11.5 Å². The molecule has 0 aliphatic carbocycles. The van der Waals surface area contributed by atoms with Gasteiger partial charge in [-0.1, -0.05) is 0 Å². The number of unbranched alkanes of at least 4 members (excludes halogenated alkanes) is 3. The van der Waals surface area contributed by atoms with Gasteiger partial charge in [0.25, 0.3) is 0 Å². The van der Waals surface area contributed by atoms with Gasteiger partial charge < -0.3 is 26.0 Å². The minimum Gasteiger partial charge on any atom is -0.494 e. The standard InChI is InChI=1S/C26H33N5O2/c27-21(6-2-1-5-15-32-22-12-9-18(10-13-22)25(28)29)7-3-4-8-23-17-20-16-19(26(30)31)11-14-24(20)33-23/h9-14,16-17,27H,1-8,15H2,(H3,28,29)(H3,30,31). The molecule has 7 N–H and O–H groups in total. The lowest BCUT2D eigenvalue weighted by Crippen LogP contribution is -2.10. The Hall–Kier alpha value is -3.61. The van der Waals surface area contributed by atoms with E-state index in [9.17, 15) is 0 Å². The molecule has 174 valence electrons. The largest absolute Gasteiger partial charge is 0.494 e. The summed E-state index contributed by atoms with van der Waals surface area (Å²) < 4.78 is 11.6. The Labute approximate surface area is 194 Å². The topological polar surface area (TPSA) is 146 Å². The van der Waals surface area contributed by atoms with Crippen LogP contribution in [0.25, 0.3) is 11.0 Å². The van der Waals surface area contributed by atoms with Gasteiger partial charge >= 0.3 is 0 Å². The van der Waals surface area contributed by atoms with E-state index in [1.807, 2.05) is 30.3 Å². The van der Waals surface area contributed by atoms with Crippen LogP contribution in [-0.2, 0) is 6.42 Å². The molecule has 7 heteroatoms. The molecule has 0 saturated heterocycles. The van der Waals surface area contributed by atoms with Gasteiger partial charge in [0, 0.05) is 28.6 Å². The number of fused-ring (bicyclic) bond motifs is 1. The van der Waals surface area contributed by atoms with Crippen molar-refractivity contribution in [3.63, 3.8) is 0 Å². The van der Waals surface area contributed by atoms with Crippen molar-refractivity contribution in [3.05, 3.63) is 65.4 Å². The van der Waals surface area contributed by atoms with Gasteiger partial charge in [0.15, 0.2) is 0 Å². The third-order valence-corrected chi connectivity index (χ3v) is 5.59. The summed E-state index contributed by atoms with van der Waals surface area (Å²) in [7, 11) is 0. The first kappa shape index (κ1) is 24.0. The summed E-state index contributed by atoms with van der Waals surface area (Å²) in [6.45, 7) is 0.651. The lowest BCUT2D eigenvalue weighted by Gasteiger charge is -2.07. The van der Waals surface area contributed by atoms with Gasteiger partial charge in [-0.25, -0.2) is 0 Å². The highest BCUT2D eigenvalue weighted by Gasteiger charge is 2.07. The van der Waals surface area contributed by atoms with Crippen molar-refractivity contribution in [1.29, 1.82) is 16.2 Å². The van der Waals surface area contributed by atoms with Gasteiger partial charge in [-0.05, 0) is 93.5 Å². The molecule has 33 heavy (non-hydrogen) atoms. The van der Waals surface area contributed by atoms with Crippen LogP contribution in [0.2, 0.25) is 0 Å². The maximum Gasteiger partial charge on any atom is 0.134 e. The number of nitrogens with two attached hydrogens (primary N) is 2. The number of amidine groups is 2. The van der Waals surface area contributed by atoms with Crippen LogP contribution in [0.1, 0.15) is 61.8 Å². The smallest absolute Gasteiger partial charge is 0.134 e. The van der Waals surface area contributed by atoms with Crippen molar-refractivity contribution in [2.45, 2.75) is 51.4 Å². The molecular formula is C26H33N5O2. The number of furan rings is 1. The number of nitrogens with one attached hydrogen (secondary N) is 3. The van der Waals surface area contributed by atoms with Crippen molar-refractivity contribution in [1.82, 2.24) is 0 Å². The van der Waals surface area contributed by atoms with E-state index in [-0.39, 0.29) is 11.7 Å². The summed E-state index contributed by atoms with van der Waals surface area (Å²) in [5.74, 6) is 1.85. The molecule has 1 aromatic heterocycles. The normalized spacial score (nSPS) is 10.9. The van der Waals surface area contributed by atoms with Gasteiger partial charge in [-0.3, -0.25) is 10.8 Å². The van der Waals surface area contributed by atoms with Crippen LogP contribution in [-0.4, -0.2) is 24.0 Å². The Morgan fingerprint density at radius 3 is 2.12 bits per heavy atom. The number of rotatable bonds is 14. The molecule has 0 spiro atoms. The zero-order valence-corrected chi connectivity index (χ0v) is 19.0. The van der Waals surface area contributed by atoms with Gasteiger partial charge in [0.2, 0.25) is 0 Å². The van der Waals surface area contributed by atoms with E-state index < -0.39 is 0 Å². The summed E-state index contributed by atoms with van der Waals surface area (Å²) in [4.78, 5) is 0. The van der Waals surface area contributed by atoms with E-state index >= 15 is 0 Å². The average molecular weight is 448 g/mol.